The average Bonchev–Trinajstić information content (AvgIpc) is 1.27. The minimum atomic E-state index is 0.250. The summed E-state index contributed by atoms with van der Waals surface area (Å²) in [6.45, 7) is 3.23. The summed E-state index contributed by atoms with van der Waals surface area (Å²) < 4.78 is 0. The van der Waals surface area contributed by atoms with Crippen molar-refractivity contribution in [1.82, 2.24) is 0 Å². The van der Waals surface area contributed by atoms with E-state index < -0.39 is 0 Å². The van der Waals surface area contributed by atoms with Crippen LogP contribution < -0.4 is 5.73 Å². The van der Waals surface area contributed by atoms with Crippen molar-refractivity contribution in [2.45, 2.75) is 13.8 Å². The van der Waals surface area contributed by atoms with E-state index >= 15 is 0 Å². The van der Waals surface area contributed by atoms with Gasteiger partial charge in [0.1, 0.15) is 5.84 Å². The lowest BCUT2D eigenvalue weighted by atomic mass is 10.6. The Morgan fingerprint density at radius 3 is 2.00 bits per heavy atom. The molecule has 3 N–H and O–H groups in total. The van der Waals surface area contributed by atoms with Crippen molar-refractivity contribution in [3.05, 3.63) is 0 Å². The highest BCUT2D eigenvalue weighted by Crippen LogP contribution is 1.70. The molecular formula is C4H9N3. The van der Waals surface area contributed by atoms with Crippen LogP contribution in [0.15, 0.2) is 4.99 Å². The van der Waals surface area contributed by atoms with Gasteiger partial charge in [-0.05, 0) is 13.8 Å². The normalized spacial score (nSPS) is 11.4. The molecule has 0 radical (unpaired) electrons. The van der Waals surface area contributed by atoms with E-state index in [1.54, 1.807) is 13.8 Å². The van der Waals surface area contributed by atoms with Gasteiger partial charge in [0.25, 0.3) is 0 Å². The van der Waals surface area contributed by atoms with Crippen LogP contribution in [0.25, 0.3) is 0 Å². The van der Waals surface area contributed by atoms with Crippen LogP contribution in [-0.2, 0) is 0 Å². The van der Waals surface area contributed by atoms with Crippen molar-refractivity contribution in [3.8, 4) is 0 Å². The van der Waals surface area contributed by atoms with Gasteiger partial charge in [0.2, 0.25) is 0 Å². The Labute approximate surface area is 42.8 Å². The highest BCUT2D eigenvalue weighted by Gasteiger charge is 1.77. The molecule has 0 unspecified atom stereocenters. The van der Waals surface area contributed by atoms with Crippen molar-refractivity contribution in [2.75, 3.05) is 0 Å². The molecule has 0 saturated carbocycles. The molecule has 40 valence electrons. The molecule has 0 saturated heterocycles. The Kier molecular flexibility index (Phi) is 2.05. The fraction of sp³-hybridized carbons (Fsp3) is 0.500. The van der Waals surface area contributed by atoms with Crippen LogP contribution in [0.1, 0.15) is 13.8 Å². The van der Waals surface area contributed by atoms with Gasteiger partial charge in [0, 0.05) is 0 Å². The van der Waals surface area contributed by atoms with Crippen LogP contribution in [0.2, 0.25) is 0 Å². The van der Waals surface area contributed by atoms with Gasteiger partial charge in [-0.25, -0.2) is 4.99 Å². The number of nitrogens with two attached hydrogens (primary N) is 1. The van der Waals surface area contributed by atoms with Gasteiger partial charge < -0.3 is 5.73 Å². The highest BCUT2D eigenvalue weighted by molar-refractivity contribution is 5.92. The summed E-state index contributed by atoms with van der Waals surface area (Å²) in [6.07, 6.45) is 0. The Morgan fingerprint density at radius 2 is 2.00 bits per heavy atom. The predicted octanol–water partition coefficient (Wildman–Crippen LogP) is 0.361. The van der Waals surface area contributed by atoms with Crippen LogP contribution in [0.5, 0.6) is 0 Å². The molecule has 0 aromatic heterocycles. The first-order chi connectivity index (χ1) is 3.13. The van der Waals surface area contributed by atoms with E-state index in [9.17, 15) is 0 Å². The van der Waals surface area contributed by atoms with Gasteiger partial charge in [0.15, 0.2) is 0 Å². The molecule has 0 amide bonds. The Balaban J connectivity index is 3.68. The van der Waals surface area contributed by atoms with E-state index in [0.29, 0.717) is 5.84 Å². The molecule has 0 atom stereocenters. The van der Waals surface area contributed by atoms with Crippen molar-refractivity contribution < 1.29 is 0 Å². The van der Waals surface area contributed by atoms with E-state index in [1.807, 2.05) is 0 Å². The van der Waals surface area contributed by atoms with Crippen molar-refractivity contribution in [2.24, 2.45) is 10.7 Å². The Bertz CT molecular complexity index is 99.5. The van der Waals surface area contributed by atoms with Crippen LogP contribution in [-0.4, -0.2) is 11.7 Å². The maximum atomic E-state index is 6.76. The molecule has 0 heterocycles. The summed E-state index contributed by atoms with van der Waals surface area (Å²) in [6, 6.07) is 0. The van der Waals surface area contributed by atoms with E-state index in [4.69, 9.17) is 11.1 Å². The van der Waals surface area contributed by atoms with Crippen molar-refractivity contribution >= 4 is 11.7 Å². The van der Waals surface area contributed by atoms with Crippen LogP contribution in [0.4, 0.5) is 0 Å². The number of nitrogens with zero attached hydrogens (tertiary/aromatic N) is 1. The first-order valence-corrected chi connectivity index (χ1v) is 1.99. The maximum Gasteiger partial charge on any atom is 0.119 e. The van der Waals surface area contributed by atoms with Gasteiger partial charge in [-0.15, -0.1) is 0 Å². The molecule has 3 heteroatoms. The molecule has 7 heavy (non-hydrogen) atoms. The summed E-state index contributed by atoms with van der Waals surface area (Å²) in [7, 11) is 0. The second-order valence-corrected chi connectivity index (χ2v) is 1.34. The molecule has 0 aliphatic heterocycles. The second-order valence-electron chi connectivity index (χ2n) is 1.34. The molecular weight excluding hydrogens is 90.1 g/mol. The molecule has 0 aromatic rings. The van der Waals surface area contributed by atoms with Crippen LogP contribution in [0.3, 0.4) is 0 Å². The first kappa shape index (κ1) is 6.14. The molecule has 0 aliphatic rings. The van der Waals surface area contributed by atoms with Gasteiger partial charge in [0.05, 0.1) is 5.84 Å². The summed E-state index contributed by atoms with van der Waals surface area (Å²) >= 11 is 0. The number of hydrogen-bond acceptors (Lipinski definition) is 1. The lowest BCUT2D eigenvalue weighted by Gasteiger charge is -1.84. The van der Waals surface area contributed by atoms with E-state index in [1.165, 1.54) is 0 Å². The third-order valence-electron chi connectivity index (χ3n) is 0.344. The third-order valence-corrected chi connectivity index (χ3v) is 0.344. The minimum absolute atomic E-state index is 0.250. The molecule has 0 bridgehead atoms. The van der Waals surface area contributed by atoms with E-state index in [0.717, 1.165) is 0 Å². The topological polar surface area (TPSA) is 62.2 Å². The Hall–Kier alpha value is -0.860. The number of amidine groups is 2. The summed E-state index contributed by atoms with van der Waals surface area (Å²) in [5.41, 5.74) is 5.10. The number of nitrogens with one attached hydrogen (secondary N) is 1. The molecule has 0 fully saturated rings. The molecule has 0 aromatic carbocycles. The average molecular weight is 99.1 g/mol. The smallest absolute Gasteiger partial charge is 0.119 e. The quantitative estimate of drug-likeness (QED) is 0.334. The number of hydrogen-bond donors (Lipinski definition) is 2. The zero-order chi connectivity index (χ0) is 5.86. The molecule has 0 rings (SSSR count). The van der Waals surface area contributed by atoms with Crippen molar-refractivity contribution in [3.63, 3.8) is 0 Å². The Morgan fingerprint density at radius 1 is 1.57 bits per heavy atom. The summed E-state index contributed by atoms with van der Waals surface area (Å²) in [5, 5.41) is 6.76. The zero-order valence-corrected chi connectivity index (χ0v) is 4.52. The van der Waals surface area contributed by atoms with Crippen LogP contribution in [0, 0.1) is 5.41 Å². The molecule has 0 aliphatic carbocycles. The fourth-order valence-corrected chi connectivity index (χ4v) is 0.265. The minimum Gasteiger partial charge on any atom is -0.387 e. The lowest BCUT2D eigenvalue weighted by molar-refractivity contribution is 1.39. The van der Waals surface area contributed by atoms with Gasteiger partial charge in [-0.2, -0.15) is 0 Å². The summed E-state index contributed by atoms with van der Waals surface area (Å²) in [5.74, 6) is 0.688. The third kappa shape index (κ3) is 5.14. The monoisotopic (exact) mass is 99.1 g/mol. The largest absolute Gasteiger partial charge is 0.387 e. The van der Waals surface area contributed by atoms with E-state index in [-0.39, 0.29) is 5.84 Å². The predicted molar refractivity (Wildman–Crippen MR) is 30.7 cm³/mol. The van der Waals surface area contributed by atoms with Gasteiger partial charge in [-0.1, -0.05) is 0 Å². The fourth-order valence-electron chi connectivity index (χ4n) is 0.265. The SMILES string of the molecule is CC(=N)N=C(C)N. The second kappa shape index (κ2) is 2.34. The van der Waals surface area contributed by atoms with Crippen LogP contribution >= 0.6 is 0 Å². The van der Waals surface area contributed by atoms with Gasteiger partial charge in [-0.3, -0.25) is 5.41 Å². The van der Waals surface area contributed by atoms with Gasteiger partial charge >= 0.3 is 0 Å². The van der Waals surface area contributed by atoms with E-state index in [2.05, 4.69) is 4.99 Å². The lowest BCUT2D eigenvalue weighted by Crippen LogP contribution is -2.06. The standard InChI is InChI=1S/C4H9N3/c1-3(5)7-4(2)6/h1-2H3,(H3,5,6,7). The molecule has 0 spiro atoms. The zero-order valence-electron chi connectivity index (χ0n) is 4.52. The number of rotatable bonds is 0. The number of aliphatic imine (C=N–C) groups is 1. The highest BCUT2D eigenvalue weighted by atomic mass is 14.9. The summed E-state index contributed by atoms with van der Waals surface area (Å²) in [4.78, 5) is 3.56. The first-order valence-electron chi connectivity index (χ1n) is 1.99. The maximum absolute atomic E-state index is 6.76. The molecule has 3 nitrogen and oxygen atoms in total. The van der Waals surface area contributed by atoms with Crippen molar-refractivity contribution in [1.29, 1.82) is 5.41 Å².